The largest absolute Gasteiger partial charge is 0.378 e. The Balaban J connectivity index is 1.74. The van der Waals surface area contributed by atoms with Crippen LogP contribution in [0.3, 0.4) is 0 Å². The number of nitrogens with one attached hydrogen (secondary N) is 2. The summed E-state index contributed by atoms with van der Waals surface area (Å²) >= 11 is 0. The lowest BCUT2D eigenvalue weighted by Crippen LogP contribution is -2.51. The fourth-order valence-corrected chi connectivity index (χ4v) is 2.86. The SMILES string of the molecule is CC[C@@H](NC(=O)c1cccc2[nH]ccc12)C(=O)N1CCOCC1. The van der Waals surface area contributed by atoms with Crippen LogP contribution in [0, 0.1) is 0 Å². The highest BCUT2D eigenvalue weighted by Crippen LogP contribution is 2.17. The van der Waals surface area contributed by atoms with Gasteiger partial charge in [-0.1, -0.05) is 13.0 Å². The second kappa shape index (κ2) is 6.83. The van der Waals surface area contributed by atoms with Crippen molar-refractivity contribution in [3.05, 3.63) is 36.0 Å². The molecule has 0 bridgehead atoms. The summed E-state index contributed by atoms with van der Waals surface area (Å²) in [6.07, 6.45) is 2.36. The van der Waals surface area contributed by atoms with Gasteiger partial charge in [0.15, 0.2) is 0 Å². The molecule has 1 saturated heterocycles. The molecule has 2 heterocycles. The van der Waals surface area contributed by atoms with Gasteiger partial charge in [0.1, 0.15) is 6.04 Å². The third-order valence-electron chi connectivity index (χ3n) is 4.17. The zero-order valence-electron chi connectivity index (χ0n) is 13.2. The first kappa shape index (κ1) is 15.6. The van der Waals surface area contributed by atoms with Gasteiger partial charge < -0.3 is 19.9 Å². The number of aromatic nitrogens is 1. The third kappa shape index (κ3) is 3.22. The maximum absolute atomic E-state index is 12.6. The number of amides is 2. The van der Waals surface area contributed by atoms with E-state index in [9.17, 15) is 9.59 Å². The third-order valence-corrected chi connectivity index (χ3v) is 4.17. The van der Waals surface area contributed by atoms with Crippen LogP contribution in [0.2, 0.25) is 0 Å². The van der Waals surface area contributed by atoms with Gasteiger partial charge >= 0.3 is 0 Å². The highest BCUT2D eigenvalue weighted by atomic mass is 16.5. The lowest BCUT2D eigenvalue weighted by atomic mass is 10.1. The Hall–Kier alpha value is -2.34. The molecule has 1 atom stereocenters. The van der Waals surface area contributed by atoms with Gasteiger partial charge in [0.2, 0.25) is 5.91 Å². The number of aromatic amines is 1. The molecular formula is C17H21N3O3. The topological polar surface area (TPSA) is 74.4 Å². The van der Waals surface area contributed by atoms with Crippen LogP contribution in [0.15, 0.2) is 30.5 Å². The molecule has 0 aliphatic carbocycles. The smallest absolute Gasteiger partial charge is 0.252 e. The molecule has 2 amide bonds. The molecule has 2 aromatic rings. The maximum atomic E-state index is 12.6. The number of morpholine rings is 1. The minimum absolute atomic E-state index is 0.0367. The number of ether oxygens (including phenoxy) is 1. The molecule has 1 fully saturated rings. The van der Waals surface area contributed by atoms with E-state index >= 15 is 0 Å². The van der Waals surface area contributed by atoms with Crippen molar-refractivity contribution >= 4 is 22.7 Å². The van der Waals surface area contributed by atoms with Crippen molar-refractivity contribution in [1.82, 2.24) is 15.2 Å². The van der Waals surface area contributed by atoms with Crippen LogP contribution >= 0.6 is 0 Å². The van der Waals surface area contributed by atoms with Gasteiger partial charge in [-0.15, -0.1) is 0 Å². The van der Waals surface area contributed by atoms with Crippen LogP contribution in [0.5, 0.6) is 0 Å². The monoisotopic (exact) mass is 315 g/mol. The molecule has 1 aliphatic heterocycles. The van der Waals surface area contributed by atoms with Gasteiger partial charge in [-0.3, -0.25) is 9.59 Å². The lowest BCUT2D eigenvalue weighted by Gasteiger charge is -2.30. The summed E-state index contributed by atoms with van der Waals surface area (Å²) in [4.78, 5) is 30.0. The van der Waals surface area contributed by atoms with E-state index in [2.05, 4.69) is 10.3 Å². The number of hydrogen-bond donors (Lipinski definition) is 2. The average molecular weight is 315 g/mol. The van der Waals surface area contributed by atoms with Crippen molar-refractivity contribution in [2.75, 3.05) is 26.3 Å². The van der Waals surface area contributed by atoms with Crippen LogP contribution in [0.1, 0.15) is 23.7 Å². The van der Waals surface area contributed by atoms with Crippen molar-refractivity contribution in [2.45, 2.75) is 19.4 Å². The van der Waals surface area contributed by atoms with Crippen molar-refractivity contribution < 1.29 is 14.3 Å². The summed E-state index contributed by atoms with van der Waals surface area (Å²) in [6.45, 7) is 4.18. The van der Waals surface area contributed by atoms with E-state index in [1.165, 1.54) is 0 Å². The Morgan fingerprint density at radius 3 is 2.83 bits per heavy atom. The zero-order chi connectivity index (χ0) is 16.2. The number of carbonyl (C=O) groups excluding carboxylic acids is 2. The van der Waals surface area contributed by atoms with Crippen molar-refractivity contribution in [1.29, 1.82) is 0 Å². The number of H-pyrrole nitrogens is 1. The van der Waals surface area contributed by atoms with Gasteiger partial charge in [-0.25, -0.2) is 0 Å². The highest BCUT2D eigenvalue weighted by Gasteiger charge is 2.26. The Morgan fingerprint density at radius 1 is 1.30 bits per heavy atom. The minimum atomic E-state index is -0.505. The highest BCUT2D eigenvalue weighted by molar-refractivity contribution is 6.07. The van der Waals surface area contributed by atoms with Crippen LogP contribution < -0.4 is 5.32 Å². The van der Waals surface area contributed by atoms with E-state index in [-0.39, 0.29) is 11.8 Å². The van der Waals surface area contributed by atoms with Crippen LogP contribution in [0.25, 0.3) is 10.9 Å². The van der Waals surface area contributed by atoms with Gasteiger partial charge in [0.05, 0.1) is 13.2 Å². The molecule has 122 valence electrons. The van der Waals surface area contributed by atoms with Gasteiger partial charge in [-0.05, 0) is 24.6 Å². The number of hydrogen-bond acceptors (Lipinski definition) is 3. The number of nitrogens with zero attached hydrogens (tertiary/aromatic N) is 1. The molecule has 0 unspecified atom stereocenters. The molecule has 1 aromatic heterocycles. The summed E-state index contributed by atoms with van der Waals surface area (Å²) in [5.74, 6) is -0.256. The molecule has 0 saturated carbocycles. The Labute approximate surface area is 134 Å². The standard InChI is InChI=1S/C17H21N3O3/c1-2-14(17(22)20-8-10-23-11-9-20)19-16(21)13-4-3-5-15-12(13)6-7-18-15/h3-7,14,18H,2,8-11H2,1H3,(H,19,21)/t14-/m1/s1. The van der Waals surface area contributed by atoms with Crippen LogP contribution in [-0.2, 0) is 9.53 Å². The summed E-state index contributed by atoms with van der Waals surface area (Å²) in [7, 11) is 0. The Kier molecular flexibility index (Phi) is 4.62. The zero-order valence-corrected chi connectivity index (χ0v) is 13.2. The first-order chi connectivity index (χ1) is 11.2. The van der Waals surface area contributed by atoms with Crippen molar-refractivity contribution in [3.63, 3.8) is 0 Å². The molecule has 23 heavy (non-hydrogen) atoms. The minimum Gasteiger partial charge on any atom is -0.378 e. The first-order valence-corrected chi connectivity index (χ1v) is 7.94. The molecule has 1 aromatic carbocycles. The van der Waals surface area contributed by atoms with E-state index in [4.69, 9.17) is 4.74 Å². The number of benzene rings is 1. The molecule has 0 spiro atoms. The van der Waals surface area contributed by atoms with Gasteiger partial charge in [-0.2, -0.15) is 0 Å². The summed E-state index contributed by atoms with van der Waals surface area (Å²) in [6, 6.07) is 6.89. The number of rotatable bonds is 4. The predicted octanol–water partition coefficient (Wildman–Crippen LogP) is 1.54. The quantitative estimate of drug-likeness (QED) is 0.898. The lowest BCUT2D eigenvalue weighted by molar-refractivity contribution is -0.137. The number of fused-ring (bicyclic) bond motifs is 1. The predicted molar refractivity (Wildman–Crippen MR) is 87.2 cm³/mol. The van der Waals surface area contributed by atoms with E-state index < -0.39 is 6.04 Å². The van der Waals surface area contributed by atoms with Gasteiger partial charge in [0.25, 0.3) is 5.91 Å². The molecule has 2 N–H and O–H groups in total. The second-order valence-electron chi connectivity index (χ2n) is 5.62. The van der Waals surface area contributed by atoms with Gasteiger partial charge in [0, 0.05) is 35.8 Å². The maximum Gasteiger partial charge on any atom is 0.252 e. The fraction of sp³-hybridized carbons (Fsp3) is 0.412. The molecule has 0 radical (unpaired) electrons. The summed E-state index contributed by atoms with van der Waals surface area (Å²) in [5, 5.41) is 3.74. The van der Waals surface area contributed by atoms with Crippen molar-refractivity contribution in [2.24, 2.45) is 0 Å². The molecule has 6 heteroatoms. The summed E-state index contributed by atoms with van der Waals surface area (Å²) in [5.41, 5.74) is 1.49. The van der Waals surface area contributed by atoms with E-state index in [1.807, 2.05) is 25.1 Å². The van der Waals surface area contributed by atoms with E-state index in [0.29, 0.717) is 38.3 Å². The Morgan fingerprint density at radius 2 is 2.09 bits per heavy atom. The van der Waals surface area contributed by atoms with E-state index in [1.54, 1.807) is 17.2 Å². The molecular weight excluding hydrogens is 294 g/mol. The first-order valence-electron chi connectivity index (χ1n) is 7.94. The second-order valence-corrected chi connectivity index (χ2v) is 5.62. The van der Waals surface area contributed by atoms with Crippen LogP contribution in [-0.4, -0.2) is 54.0 Å². The molecule has 6 nitrogen and oxygen atoms in total. The van der Waals surface area contributed by atoms with Crippen LogP contribution in [0.4, 0.5) is 0 Å². The molecule has 3 rings (SSSR count). The van der Waals surface area contributed by atoms with E-state index in [0.717, 1.165) is 10.9 Å². The Bertz CT molecular complexity index is 704. The molecule has 1 aliphatic rings. The normalized spacial score (nSPS) is 16.3. The van der Waals surface area contributed by atoms with Crippen molar-refractivity contribution in [3.8, 4) is 0 Å². The average Bonchev–Trinajstić information content (AvgIpc) is 3.08. The number of carbonyl (C=O) groups is 2. The fourth-order valence-electron chi connectivity index (χ4n) is 2.86. The summed E-state index contributed by atoms with van der Waals surface area (Å²) < 4.78 is 5.27.